The van der Waals surface area contributed by atoms with E-state index >= 15 is 0 Å². The van der Waals surface area contributed by atoms with E-state index in [1.54, 1.807) is 19.2 Å². The smallest absolute Gasteiger partial charge is 0.406 e. The Morgan fingerprint density at radius 2 is 2.05 bits per heavy atom. The van der Waals surface area contributed by atoms with Crippen molar-refractivity contribution in [1.82, 2.24) is 10.6 Å². The second-order valence-corrected chi connectivity index (χ2v) is 5.51. The van der Waals surface area contributed by atoms with Crippen LogP contribution in [0.1, 0.15) is 6.42 Å². The Kier molecular flexibility index (Phi) is 5.33. The van der Waals surface area contributed by atoms with Gasteiger partial charge >= 0.3 is 6.36 Å². The van der Waals surface area contributed by atoms with Gasteiger partial charge in [-0.2, -0.15) is 0 Å². The second-order valence-electron chi connectivity index (χ2n) is 5.10. The summed E-state index contributed by atoms with van der Waals surface area (Å²) in [4.78, 5) is 2.14. The molecule has 122 valence electrons. The van der Waals surface area contributed by atoms with Crippen molar-refractivity contribution in [1.29, 1.82) is 0 Å². The van der Waals surface area contributed by atoms with Gasteiger partial charge < -0.3 is 20.3 Å². The molecule has 2 rings (SSSR count). The number of halogens is 3. The highest BCUT2D eigenvalue weighted by Gasteiger charge is 2.31. The summed E-state index contributed by atoms with van der Waals surface area (Å²) in [6.07, 6.45) is -3.64. The van der Waals surface area contributed by atoms with Gasteiger partial charge in [-0.25, -0.2) is 0 Å². The highest BCUT2D eigenvalue weighted by atomic mass is 32.1. The number of nitrogens with zero attached hydrogens (tertiary/aromatic N) is 1. The molecule has 8 heteroatoms. The van der Waals surface area contributed by atoms with Crippen LogP contribution in [0.2, 0.25) is 0 Å². The molecule has 0 radical (unpaired) electrons. The molecule has 4 nitrogen and oxygen atoms in total. The Morgan fingerprint density at radius 3 is 2.64 bits per heavy atom. The first-order valence-corrected chi connectivity index (χ1v) is 7.34. The van der Waals surface area contributed by atoms with E-state index in [1.165, 1.54) is 12.1 Å². The van der Waals surface area contributed by atoms with Crippen LogP contribution in [-0.2, 0) is 0 Å². The normalized spacial score (nSPS) is 18.2. The molecule has 1 aliphatic rings. The average molecular weight is 333 g/mol. The van der Waals surface area contributed by atoms with Crippen LogP contribution in [0.15, 0.2) is 24.3 Å². The number of nitrogens with one attached hydrogen (secondary N) is 2. The first kappa shape index (κ1) is 16.7. The summed E-state index contributed by atoms with van der Waals surface area (Å²) >= 11 is 5.03. The first-order chi connectivity index (χ1) is 10.4. The molecule has 2 N–H and O–H groups in total. The van der Waals surface area contributed by atoms with Crippen molar-refractivity contribution in [2.45, 2.75) is 12.8 Å². The lowest BCUT2D eigenvalue weighted by molar-refractivity contribution is -0.274. The van der Waals surface area contributed by atoms with E-state index in [2.05, 4.69) is 20.3 Å². The molecule has 1 fully saturated rings. The summed E-state index contributed by atoms with van der Waals surface area (Å²) in [5.74, 6) is 0.255. The molecule has 0 amide bonds. The summed E-state index contributed by atoms with van der Waals surface area (Å²) in [7, 11) is 1.76. The molecule has 0 spiro atoms. The maximum Gasteiger partial charge on any atom is 0.573 e. The lowest BCUT2D eigenvalue weighted by Gasteiger charge is -2.19. The predicted octanol–water partition coefficient (Wildman–Crippen LogP) is 2.51. The maximum absolute atomic E-state index is 12.1. The number of hydrogen-bond donors (Lipinski definition) is 2. The number of thiocarbonyl (C=S) groups is 1. The van der Waals surface area contributed by atoms with E-state index in [-0.39, 0.29) is 5.75 Å². The molecule has 1 unspecified atom stereocenters. The molecule has 1 aromatic carbocycles. The fourth-order valence-electron chi connectivity index (χ4n) is 2.42. The van der Waals surface area contributed by atoms with Gasteiger partial charge in [0.1, 0.15) is 5.75 Å². The average Bonchev–Trinajstić information content (AvgIpc) is 2.92. The van der Waals surface area contributed by atoms with Crippen molar-refractivity contribution in [3.63, 3.8) is 0 Å². The molecule has 1 saturated heterocycles. The van der Waals surface area contributed by atoms with Crippen molar-refractivity contribution in [2.75, 3.05) is 31.6 Å². The van der Waals surface area contributed by atoms with Crippen LogP contribution in [0.3, 0.4) is 0 Å². The van der Waals surface area contributed by atoms with Gasteiger partial charge in [-0.05, 0) is 48.8 Å². The number of ether oxygens (including phenoxy) is 1. The lowest BCUT2D eigenvalue weighted by atomic mass is 10.1. The van der Waals surface area contributed by atoms with Crippen molar-refractivity contribution in [2.24, 2.45) is 5.92 Å². The molecule has 0 aromatic heterocycles. The summed E-state index contributed by atoms with van der Waals surface area (Å²) in [5.41, 5.74) is 0.896. The monoisotopic (exact) mass is 333 g/mol. The third-order valence-electron chi connectivity index (χ3n) is 3.50. The Balaban J connectivity index is 1.87. The third-order valence-corrected chi connectivity index (χ3v) is 3.85. The standard InChI is InChI=1S/C14H18F3N3OS/c1-18-13(22)19-8-10-6-7-20(9-10)11-2-4-12(5-3-11)21-14(15,16)17/h2-5,10H,6-9H2,1H3,(H2,18,19,22). The summed E-state index contributed by atoms with van der Waals surface area (Å²) in [6.45, 7) is 2.50. The third kappa shape index (κ3) is 4.94. The van der Waals surface area contributed by atoms with Gasteiger partial charge in [0.2, 0.25) is 0 Å². The SMILES string of the molecule is CNC(=S)NCC1CCN(c2ccc(OC(F)(F)F)cc2)C1. The van der Waals surface area contributed by atoms with Crippen LogP contribution < -0.4 is 20.3 Å². The Labute approximate surface area is 132 Å². The summed E-state index contributed by atoms with van der Waals surface area (Å²) in [5, 5.41) is 6.61. The van der Waals surface area contributed by atoms with Crippen LogP contribution in [0.5, 0.6) is 5.75 Å². The number of alkyl halides is 3. The minimum absolute atomic E-state index is 0.201. The van der Waals surface area contributed by atoms with Crippen LogP contribution in [0.25, 0.3) is 0 Å². The molecule has 1 aliphatic heterocycles. The van der Waals surface area contributed by atoms with Crippen molar-refractivity contribution in [3.8, 4) is 5.75 Å². The van der Waals surface area contributed by atoms with Gasteiger partial charge in [0.05, 0.1) is 0 Å². The van der Waals surface area contributed by atoms with Crippen LogP contribution in [0.4, 0.5) is 18.9 Å². The van der Waals surface area contributed by atoms with Gasteiger partial charge in [-0.1, -0.05) is 0 Å². The zero-order chi connectivity index (χ0) is 16.2. The zero-order valence-electron chi connectivity index (χ0n) is 12.1. The molecular weight excluding hydrogens is 315 g/mol. The van der Waals surface area contributed by atoms with Gasteiger partial charge in [0.15, 0.2) is 5.11 Å². The number of anilines is 1. The molecule has 22 heavy (non-hydrogen) atoms. The highest BCUT2D eigenvalue weighted by molar-refractivity contribution is 7.80. The predicted molar refractivity (Wildman–Crippen MR) is 83.1 cm³/mol. The van der Waals surface area contributed by atoms with Gasteiger partial charge in [0.25, 0.3) is 0 Å². The molecule has 1 atom stereocenters. The van der Waals surface area contributed by atoms with Gasteiger partial charge in [-0.15, -0.1) is 13.2 Å². The van der Waals surface area contributed by atoms with Crippen LogP contribution in [-0.4, -0.2) is 38.2 Å². The summed E-state index contributed by atoms with van der Waals surface area (Å²) < 4.78 is 40.2. The quantitative estimate of drug-likeness (QED) is 0.828. The molecule has 0 saturated carbocycles. The zero-order valence-corrected chi connectivity index (χ0v) is 12.9. The summed E-state index contributed by atoms with van der Waals surface area (Å²) in [6, 6.07) is 5.97. The molecule has 1 heterocycles. The molecular formula is C14H18F3N3OS. The largest absolute Gasteiger partial charge is 0.573 e. The van der Waals surface area contributed by atoms with Gasteiger partial charge in [0, 0.05) is 32.4 Å². The van der Waals surface area contributed by atoms with E-state index in [0.29, 0.717) is 11.0 Å². The van der Waals surface area contributed by atoms with E-state index in [0.717, 1.165) is 31.7 Å². The van der Waals surface area contributed by atoms with Crippen LogP contribution in [0, 0.1) is 5.92 Å². The Bertz CT molecular complexity index is 507. The van der Waals surface area contributed by atoms with E-state index in [9.17, 15) is 13.2 Å². The van der Waals surface area contributed by atoms with E-state index < -0.39 is 6.36 Å². The van der Waals surface area contributed by atoms with E-state index in [4.69, 9.17) is 12.2 Å². The fraction of sp³-hybridized carbons (Fsp3) is 0.500. The lowest BCUT2D eigenvalue weighted by Crippen LogP contribution is -2.36. The minimum atomic E-state index is -4.66. The van der Waals surface area contributed by atoms with Crippen LogP contribution >= 0.6 is 12.2 Å². The van der Waals surface area contributed by atoms with Crippen molar-refractivity contribution in [3.05, 3.63) is 24.3 Å². The topological polar surface area (TPSA) is 36.5 Å². The first-order valence-electron chi connectivity index (χ1n) is 6.94. The highest BCUT2D eigenvalue weighted by Crippen LogP contribution is 2.28. The molecule has 0 aliphatic carbocycles. The fourth-order valence-corrected chi connectivity index (χ4v) is 2.50. The minimum Gasteiger partial charge on any atom is -0.406 e. The second kappa shape index (κ2) is 7.04. The van der Waals surface area contributed by atoms with Gasteiger partial charge in [-0.3, -0.25) is 0 Å². The Hall–Kier alpha value is -1.70. The number of hydrogen-bond acceptors (Lipinski definition) is 3. The maximum atomic E-state index is 12.1. The number of benzene rings is 1. The Morgan fingerprint density at radius 1 is 1.36 bits per heavy atom. The van der Waals surface area contributed by atoms with Crippen molar-refractivity contribution < 1.29 is 17.9 Å². The molecule has 0 bridgehead atoms. The molecule has 1 aromatic rings. The van der Waals surface area contributed by atoms with Crippen molar-refractivity contribution >= 4 is 23.0 Å². The number of rotatable bonds is 4. The van der Waals surface area contributed by atoms with E-state index in [1.807, 2.05) is 0 Å².